The molecular formula is C9H10N6O. The zero-order valence-corrected chi connectivity index (χ0v) is 8.34. The van der Waals surface area contributed by atoms with Gasteiger partial charge in [-0.15, -0.1) is 0 Å². The molecule has 3 rings (SSSR count). The monoisotopic (exact) mass is 218 g/mol. The lowest BCUT2D eigenvalue weighted by molar-refractivity contribution is 1.08. The average Bonchev–Trinajstić information content (AvgIpc) is 2.79. The highest BCUT2D eigenvalue weighted by Crippen LogP contribution is 2.19. The summed E-state index contributed by atoms with van der Waals surface area (Å²) < 4.78 is 0. The van der Waals surface area contributed by atoms with E-state index in [9.17, 15) is 4.79 Å². The van der Waals surface area contributed by atoms with Crippen LogP contribution in [0.5, 0.6) is 0 Å². The molecule has 1 aliphatic rings. The molecule has 2 aromatic heterocycles. The summed E-state index contributed by atoms with van der Waals surface area (Å²) in [6.07, 6.45) is 6.26. The summed E-state index contributed by atoms with van der Waals surface area (Å²) in [6.45, 7) is 0.758. The summed E-state index contributed by atoms with van der Waals surface area (Å²) in [5, 5.41) is 6.10. The van der Waals surface area contributed by atoms with Crippen LogP contribution in [0.4, 0.5) is 11.5 Å². The third-order valence-electron chi connectivity index (χ3n) is 1.83. The number of aromatic nitrogens is 4. The fourth-order valence-electron chi connectivity index (χ4n) is 1.13. The van der Waals surface area contributed by atoms with E-state index in [0.29, 0.717) is 0 Å². The quantitative estimate of drug-likeness (QED) is 0.578. The predicted octanol–water partition coefficient (Wildman–Crippen LogP) is 0.0414. The summed E-state index contributed by atoms with van der Waals surface area (Å²) in [5.74, 6) is 0.894. The van der Waals surface area contributed by atoms with E-state index < -0.39 is 0 Å². The Morgan fingerprint density at radius 2 is 2.19 bits per heavy atom. The standard InChI is InChI=1S/C5H6N4.C4H4N2O/c1-4-5(8-2-6-1)9-3-7-4;7-4-5-2-1-3-6-4/h1-2,7H,3H2,(H,6,8,9);1-3H,(H,5,6,7). The van der Waals surface area contributed by atoms with Gasteiger partial charge in [-0.2, -0.15) is 0 Å². The van der Waals surface area contributed by atoms with Gasteiger partial charge in [0.1, 0.15) is 6.33 Å². The van der Waals surface area contributed by atoms with E-state index in [4.69, 9.17) is 0 Å². The minimum atomic E-state index is -0.303. The highest BCUT2D eigenvalue weighted by molar-refractivity contribution is 5.67. The summed E-state index contributed by atoms with van der Waals surface area (Å²) in [5.41, 5.74) is 0.681. The molecule has 7 heteroatoms. The Balaban J connectivity index is 0.000000125. The summed E-state index contributed by atoms with van der Waals surface area (Å²) >= 11 is 0. The highest BCUT2D eigenvalue weighted by atomic mass is 16.1. The van der Waals surface area contributed by atoms with Crippen molar-refractivity contribution >= 4 is 11.5 Å². The lowest BCUT2D eigenvalue weighted by Gasteiger charge is -1.91. The van der Waals surface area contributed by atoms with E-state index >= 15 is 0 Å². The zero-order valence-electron chi connectivity index (χ0n) is 8.34. The number of aromatic amines is 1. The third kappa shape index (κ3) is 2.53. The van der Waals surface area contributed by atoms with Gasteiger partial charge < -0.3 is 15.6 Å². The predicted molar refractivity (Wildman–Crippen MR) is 59.0 cm³/mol. The second-order valence-electron chi connectivity index (χ2n) is 2.90. The van der Waals surface area contributed by atoms with Crippen molar-refractivity contribution in [2.24, 2.45) is 0 Å². The Labute approximate surface area is 91.0 Å². The molecule has 0 spiro atoms. The zero-order chi connectivity index (χ0) is 11.2. The average molecular weight is 218 g/mol. The largest absolute Gasteiger partial charge is 0.364 e. The van der Waals surface area contributed by atoms with Crippen molar-refractivity contribution in [3.8, 4) is 0 Å². The van der Waals surface area contributed by atoms with Crippen LogP contribution in [0, 0.1) is 0 Å². The molecule has 0 atom stereocenters. The van der Waals surface area contributed by atoms with Crippen LogP contribution in [-0.2, 0) is 0 Å². The first-order valence-corrected chi connectivity index (χ1v) is 4.64. The molecule has 3 heterocycles. The first kappa shape index (κ1) is 10.1. The van der Waals surface area contributed by atoms with Gasteiger partial charge >= 0.3 is 5.69 Å². The van der Waals surface area contributed by atoms with Crippen molar-refractivity contribution in [2.45, 2.75) is 0 Å². The summed E-state index contributed by atoms with van der Waals surface area (Å²) in [7, 11) is 0. The number of nitrogens with zero attached hydrogens (tertiary/aromatic N) is 3. The normalized spacial score (nSPS) is 11.5. The van der Waals surface area contributed by atoms with Gasteiger partial charge in [-0.1, -0.05) is 0 Å². The van der Waals surface area contributed by atoms with Crippen molar-refractivity contribution in [3.05, 3.63) is 41.5 Å². The molecular weight excluding hydrogens is 208 g/mol. The maximum Gasteiger partial charge on any atom is 0.344 e. The SMILES string of the molecule is O=c1nccc[nH]1.c1ncc2c(n1)NCN2. The molecule has 0 bridgehead atoms. The molecule has 1 aliphatic heterocycles. The van der Waals surface area contributed by atoms with Crippen LogP contribution in [0.1, 0.15) is 0 Å². The second-order valence-corrected chi connectivity index (χ2v) is 2.90. The van der Waals surface area contributed by atoms with Crippen molar-refractivity contribution in [1.82, 2.24) is 19.9 Å². The van der Waals surface area contributed by atoms with Gasteiger partial charge in [0, 0.05) is 12.4 Å². The summed E-state index contributed by atoms with van der Waals surface area (Å²) in [4.78, 5) is 23.7. The number of hydrogen-bond acceptors (Lipinski definition) is 6. The van der Waals surface area contributed by atoms with Crippen LogP contribution in [0.25, 0.3) is 0 Å². The van der Waals surface area contributed by atoms with E-state index in [1.807, 2.05) is 0 Å². The van der Waals surface area contributed by atoms with Crippen LogP contribution < -0.4 is 16.3 Å². The lowest BCUT2D eigenvalue weighted by Crippen LogP contribution is -2.05. The minimum Gasteiger partial charge on any atom is -0.364 e. The second kappa shape index (κ2) is 4.87. The van der Waals surface area contributed by atoms with Gasteiger partial charge in [0.25, 0.3) is 0 Å². The molecule has 0 saturated heterocycles. The van der Waals surface area contributed by atoms with E-state index in [1.165, 1.54) is 18.7 Å². The van der Waals surface area contributed by atoms with Crippen LogP contribution in [-0.4, -0.2) is 26.6 Å². The van der Waals surface area contributed by atoms with Gasteiger partial charge in [0.05, 0.1) is 18.6 Å². The topological polar surface area (TPSA) is 95.6 Å². The Bertz CT molecular complexity index is 471. The molecule has 0 saturated carbocycles. The van der Waals surface area contributed by atoms with E-state index in [-0.39, 0.29) is 5.69 Å². The van der Waals surface area contributed by atoms with Crippen LogP contribution in [0.15, 0.2) is 35.8 Å². The Morgan fingerprint density at radius 3 is 2.81 bits per heavy atom. The molecule has 0 radical (unpaired) electrons. The van der Waals surface area contributed by atoms with Gasteiger partial charge in [0.15, 0.2) is 5.82 Å². The fourth-order valence-corrected chi connectivity index (χ4v) is 1.13. The minimum absolute atomic E-state index is 0.303. The fraction of sp³-hybridized carbons (Fsp3) is 0.111. The molecule has 16 heavy (non-hydrogen) atoms. The van der Waals surface area contributed by atoms with Crippen molar-refractivity contribution in [1.29, 1.82) is 0 Å². The number of H-pyrrole nitrogens is 1. The van der Waals surface area contributed by atoms with Crippen LogP contribution >= 0.6 is 0 Å². The lowest BCUT2D eigenvalue weighted by atomic mass is 10.5. The van der Waals surface area contributed by atoms with Crippen LogP contribution in [0.3, 0.4) is 0 Å². The molecule has 82 valence electrons. The van der Waals surface area contributed by atoms with E-state index in [1.54, 1.807) is 12.3 Å². The third-order valence-corrected chi connectivity index (χ3v) is 1.83. The van der Waals surface area contributed by atoms with E-state index in [0.717, 1.165) is 18.2 Å². The number of anilines is 2. The molecule has 3 N–H and O–H groups in total. The molecule has 0 amide bonds. The Kier molecular flexibility index (Phi) is 3.07. The number of rotatable bonds is 0. The van der Waals surface area contributed by atoms with E-state index in [2.05, 4.69) is 30.6 Å². The van der Waals surface area contributed by atoms with Crippen molar-refractivity contribution < 1.29 is 0 Å². The van der Waals surface area contributed by atoms with Gasteiger partial charge in [0.2, 0.25) is 0 Å². The van der Waals surface area contributed by atoms with Gasteiger partial charge in [-0.3, -0.25) is 0 Å². The number of hydrogen-bond donors (Lipinski definition) is 3. The maximum absolute atomic E-state index is 10.1. The van der Waals surface area contributed by atoms with Crippen LogP contribution in [0.2, 0.25) is 0 Å². The molecule has 0 aromatic carbocycles. The van der Waals surface area contributed by atoms with Gasteiger partial charge in [-0.25, -0.2) is 19.7 Å². The van der Waals surface area contributed by atoms with Gasteiger partial charge in [-0.05, 0) is 6.07 Å². The molecule has 0 fully saturated rings. The number of fused-ring (bicyclic) bond motifs is 1. The molecule has 7 nitrogen and oxygen atoms in total. The van der Waals surface area contributed by atoms with Crippen molar-refractivity contribution in [2.75, 3.05) is 17.3 Å². The molecule has 0 unspecified atom stereocenters. The highest BCUT2D eigenvalue weighted by Gasteiger charge is 2.07. The first-order chi connectivity index (χ1) is 7.86. The first-order valence-electron chi connectivity index (χ1n) is 4.64. The smallest absolute Gasteiger partial charge is 0.344 e. The Morgan fingerprint density at radius 1 is 1.25 bits per heavy atom. The Hall–Kier alpha value is -2.44. The summed E-state index contributed by atoms with van der Waals surface area (Å²) in [6, 6.07) is 1.65. The molecule has 2 aromatic rings. The van der Waals surface area contributed by atoms with Crippen molar-refractivity contribution in [3.63, 3.8) is 0 Å². The number of nitrogens with one attached hydrogen (secondary N) is 3. The molecule has 0 aliphatic carbocycles. The maximum atomic E-state index is 10.1.